The van der Waals surface area contributed by atoms with E-state index < -0.39 is 29.7 Å². The van der Waals surface area contributed by atoms with Crippen LogP contribution >= 0.6 is 11.3 Å². The number of ether oxygens (including phenoxy) is 1. The van der Waals surface area contributed by atoms with Gasteiger partial charge in [-0.1, -0.05) is 53.8 Å². The first-order chi connectivity index (χ1) is 13.5. The van der Waals surface area contributed by atoms with Crippen molar-refractivity contribution in [3.8, 4) is 11.3 Å². The van der Waals surface area contributed by atoms with Crippen LogP contribution in [0.5, 0.6) is 0 Å². The number of amides is 1. The van der Waals surface area contributed by atoms with Crippen molar-refractivity contribution in [3.05, 3.63) is 47.4 Å². The lowest BCUT2D eigenvalue weighted by molar-refractivity contribution is -0.146. The fourth-order valence-corrected chi connectivity index (χ4v) is 3.96. The monoisotopic (exact) mass is 400 g/mol. The predicted octanol–water partition coefficient (Wildman–Crippen LogP) is 3.59. The highest BCUT2D eigenvalue weighted by atomic mass is 32.1. The van der Waals surface area contributed by atoms with Crippen molar-refractivity contribution < 1.29 is 24.2 Å². The van der Waals surface area contributed by atoms with Crippen LogP contribution in [0.4, 0.5) is 5.13 Å². The molecule has 0 saturated heterocycles. The van der Waals surface area contributed by atoms with E-state index >= 15 is 0 Å². The highest BCUT2D eigenvalue weighted by Crippen LogP contribution is 2.33. The van der Waals surface area contributed by atoms with Gasteiger partial charge in [0.05, 0.1) is 24.1 Å². The van der Waals surface area contributed by atoms with E-state index in [9.17, 15) is 19.5 Å². The molecule has 146 valence electrons. The van der Waals surface area contributed by atoms with E-state index in [1.165, 1.54) is 0 Å². The van der Waals surface area contributed by atoms with Gasteiger partial charge in [0, 0.05) is 5.56 Å². The van der Waals surface area contributed by atoms with E-state index in [4.69, 9.17) is 4.74 Å². The van der Waals surface area contributed by atoms with Gasteiger partial charge in [-0.05, 0) is 19.8 Å². The number of benzene rings is 1. The van der Waals surface area contributed by atoms with Crippen LogP contribution in [0.2, 0.25) is 0 Å². The molecule has 0 aliphatic heterocycles. The first-order valence-corrected chi connectivity index (χ1v) is 9.75. The van der Waals surface area contributed by atoms with Crippen molar-refractivity contribution in [1.29, 1.82) is 0 Å². The second-order valence-corrected chi connectivity index (χ2v) is 7.27. The van der Waals surface area contributed by atoms with E-state index in [0.29, 0.717) is 23.4 Å². The zero-order valence-electron chi connectivity index (χ0n) is 15.3. The Labute approximate surface area is 166 Å². The van der Waals surface area contributed by atoms with E-state index in [2.05, 4.69) is 10.3 Å². The number of carboxylic acids is 1. The zero-order chi connectivity index (χ0) is 20.1. The molecule has 1 heterocycles. The highest BCUT2D eigenvalue weighted by Gasteiger charge is 2.34. The number of hydrogen-bond acceptors (Lipinski definition) is 6. The van der Waals surface area contributed by atoms with Crippen LogP contribution in [-0.4, -0.2) is 34.5 Å². The Morgan fingerprint density at radius 2 is 1.86 bits per heavy atom. The number of esters is 1. The van der Waals surface area contributed by atoms with Gasteiger partial charge in [0.15, 0.2) is 5.13 Å². The number of allylic oxidation sites excluding steroid dienone is 2. The molecule has 7 nitrogen and oxygen atoms in total. The number of carbonyl (C=O) groups excluding carboxylic acids is 2. The van der Waals surface area contributed by atoms with Gasteiger partial charge >= 0.3 is 11.9 Å². The summed E-state index contributed by atoms with van der Waals surface area (Å²) in [5.74, 6) is -3.38. The van der Waals surface area contributed by atoms with E-state index in [-0.39, 0.29) is 11.7 Å². The maximum absolute atomic E-state index is 12.7. The summed E-state index contributed by atoms with van der Waals surface area (Å²) in [6.45, 7) is 1.94. The topological polar surface area (TPSA) is 106 Å². The van der Waals surface area contributed by atoms with Gasteiger partial charge in [0.2, 0.25) is 5.91 Å². The van der Waals surface area contributed by atoms with Gasteiger partial charge in [-0.25, -0.2) is 9.78 Å². The minimum atomic E-state index is -0.999. The largest absolute Gasteiger partial charge is 0.481 e. The first-order valence-electron chi connectivity index (χ1n) is 8.93. The van der Waals surface area contributed by atoms with Crippen LogP contribution in [0.1, 0.15) is 29.4 Å². The SMILES string of the molecule is CCOC(=O)c1sc(NC(=O)[C@H]2CC=CC[C@@H]2C(=O)O)nc1-c1ccccc1. The molecule has 0 radical (unpaired) electrons. The van der Waals surface area contributed by atoms with Crippen LogP contribution < -0.4 is 5.32 Å². The Kier molecular flexibility index (Phi) is 6.20. The van der Waals surface area contributed by atoms with E-state index in [0.717, 1.165) is 16.9 Å². The van der Waals surface area contributed by atoms with Crippen molar-refractivity contribution in [2.75, 3.05) is 11.9 Å². The Balaban J connectivity index is 1.88. The molecule has 8 heteroatoms. The molecule has 1 aromatic heterocycles. The molecular weight excluding hydrogens is 380 g/mol. The molecule has 0 unspecified atom stereocenters. The summed E-state index contributed by atoms with van der Waals surface area (Å²) >= 11 is 1.02. The number of nitrogens with one attached hydrogen (secondary N) is 1. The Hall–Kier alpha value is -3.00. The predicted molar refractivity (Wildman–Crippen MR) is 105 cm³/mol. The summed E-state index contributed by atoms with van der Waals surface area (Å²) in [5.41, 5.74) is 1.16. The number of aliphatic carboxylic acids is 1. The average molecular weight is 400 g/mol. The fraction of sp³-hybridized carbons (Fsp3) is 0.300. The summed E-state index contributed by atoms with van der Waals surface area (Å²) in [5, 5.41) is 12.3. The van der Waals surface area contributed by atoms with Crippen molar-refractivity contribution in [2.45, 2.75) is 19.8 Å². The van der Waals surface area contributed by atoms with Crippen LogP contribution in [0, 0.1) is 11.8 Å². The number of hydrogen-bond donors (Lipinski definition) is 2. The number of anilines is 1. The molecule has 0 bridgehead atoms. The number of thiazole rings is 1. The summed E-state index contributed by atoms with van der Waals surface area (Å²) in [6.07, 6.45) is 4.25. The van der Waals surface area contributed by atoms with Crippen LogP contribution in [0.3, 0.4) is 0 Å². The minimum Gasteiger partial charge on any atom is -0.481 e. The smallest absolute Gasteiger partial charge is 0.350 e. The van der Waals surface area contributed by atoms with Crippen LogP contribution in [-0.2, 0) is 14.3 Å². The number of carboxylic acid groups (broad SMARTS) is 1. The standard InChI is InChI=1S/C20H20N2O5S/c1-2-27-19(26)16-15(12-8-4-3-5-9-12)21-20(28-16)22-17(23)13-10-6-7-11-14(13)18(24)25/h3-9,13-14H,2,10-11H2,1H3,(H,24,25)(H,21,22,23)/t13-,14-/m0/s1. The van der Waals surface area contributed by atoms with Gasteiger partial charge < -0.3 is 15.2 Å². The van der Waals surface area contributed by atoms with Crippen molar-refractivity contribution in [3.63, 3.8) is 0 Å². The lowest BCUT2D eigenvalue weighted by Crippen LogP contribution is -2.34. The number of nitrogens with zero attached hydrogens (tertiary/aromatic N) is 1. The number of rotatable bonds is 6. The maximum atomic E-state index is 12.7. The molecule has 0 spiro atoms. The summed E-state index contributed by atoms with van der Waals surface area (Å²) in [7, 11) is 0. The third-order valence-corrected chi connectivity index (χ3v) is 5.40. The summed E-state index contributed by atoms with van der Waals surface area (Å²) in [6, 6.07) is 9.14. The fourth-order valence-electron chi connectivity index (χ4n) is 3.08. The third-order valence-electron chi connectivity index (χ3n) is 4.45. The lowest BCUT2D eigenvalue weighted by atomic mass is 9.82. The number of carbonyl (C=O) groups is 3. The second kappa shape index (κ2) is 8.79. The minimum absolute atomic E-state index is 0.224. The molecule has 2 N–H and O–H groups in total. The van der Waals surface area contributed by atoms with Gasteiger partial charge in [0.1, 0.15) is 4.88 Å². The highest BCUT2D eigenvalue weighted by molar-refractivity contribution is 7.18. The van der Waals surface area contributed by atoms with Crippen LogP contribution in [0.15, 0.2) is 42.5 Å². The van der Waals surface area contributed by atoms with Gasteiger partial charge in [-0.3, -0.25) is 9.59 Å². The Morgan fingerprint density at radius 3 is 2.50 bits per heavy atom. The molecular formula is C20H20N2O5S. The zero-order valence-corrected chi connectivity index (χ0v) is 16.1. The van der Waals surface area contributed by atoms with Crippen LogP contribution in [0.25, 0.3) is 11.3 Å². The first kappa shape index (κ1) is 19.8. The average Bonchev–Trinajstić information content (AvgIpc) is 3.12. The molecule has 0 fully saturated rings. The summed E-state index contributed by atoms with van der Waals surface area (Å²) < 4.78 is 5.11. The van der Waals surface area contributed by atoms with Gasteiger partial charge in [-0.15, -0.1) is 0 Å². The van der Waals surface area contributed by atoms with E-state index in [1.54, 1.807) is 13.0 Å². The maximum Gasteiger partial charge on any atom is 0.350 e. The van der Waals surface area contributed by atoms with E-state index in [1.807, 2.05) is 36.4 Å². The quantitative estimate of drug-likeness (QED) is 0.567. The Bertz CT molecular complexity index is 907. The lowest BCUT2D eigenvalue weighted by Gasteiger charge is -2.23. The molecule has 1 aliphatic rings. The molecule has 2 aromatic rings. The molecule has 1 aromatic carbocycles. The number of aromatic nitrogens is 1. The summed E-state index contributed by atoms with van der Waals surface area (Å²) in [4.78, 5) is 41.1. The normalized spacial score (nSPS) is 18.5. The van der Waals surface area contributed by atoms with Crippen molar-refractivity contribution >= 4 is 34.3 Å². The third kappa shape index (κ3) is 4.28. The van der Waals surface area contributed by atoms with Crippen molar-refractivity contribution in [1.82, 2.24) is 4.98 Å². The van der Waals surface area contributed by atoms with Gasteiger partial charge in [0.25, 0.3) is 0 Å². The molecule has 0 saturated carbocycles. The van der Waals surface area contributed by atoms with Gasteiger partial charge in [-0.2, -0.15) is 0 Å². The molecule has 1 aliphatic carbocycles. The second-order valence-electron chi connectivity index (χ2n) is 6.27. The van der Waals surface area contributed by atoms with Crippen molar-refractivity contribution in [2.24, 2.45) is 11.8 Å². The molecule has 3 rings (SSSR count). The Morgan fingerprint density at radius 1 is 1.18 bits per heavy atom. The molecule has 28 heavy (non-hydrogen) atoms. The molecule has 2 atom stereocenters. The molecule has 1 amide bonds.